The van der Waals surface area contributed by atoms with Crippen LogP contribution in [-0.2, 0) is 0 Å². The second-order valence-electron chi connectivity index (χ2n) is 8.80. The molecule has 5 aromatic rings. The summed E-state index contributed by atoms with van der Waals surface area (Å²) in [6, 6.07) is 21.8. The first-order chi connectivity index (χ1) is 17.1. The van der Waals surface area contributed by atoms with Crippen molar-refractivity contribution in [3.63, 3.8) is 0 Å². The van der Waals surface area contributed by atoms with Gasteiger partial charge in [0, 0.05) is 49.4 Å². The molecule has 35 heavy (non-hydrogen) atoms. The van der Waals surface area contributed by atoms with E-state index in [9.17, 15) is 4.79 Å². The molecule has 3 heterocycles. The van der Waals surface area contributed by atoms with Crippen LogP contribution >= 0.6 is 11.3 Å². The molecule has 0 saturated carbocycles. The summed E-state index contributed by atoms with van der Waals surface area (Å²) < 4.78 is 7.34. The van der Waals surface area contributed by atoms with Gasteiger partial charge >= 0.3 is 0 Å². The summed E-state index contributed by atoms with van der Waals surface area (Å²) in [4.78, 5) is 26.0. The Bertz CT molecular complexity index is 1520. The Morgan fingerprint density at radius 1 is 0.857 bits per heavy atom. The van der Waals surface area contributed by atoms with Crippen LogP contribution < -0.4 is 4.74 Å². The minimum Gasteiger partial charge on any atom is -0.457 e. The van der Waals surface area contributed by atoms with E-state index in [0.717, 1.165) is 75.5 Å². The van der Waals surface area contributed by atoms with Crippen LogP contribution in [0.5, 0.6) is 11.5 Å². The molecule has 0 atom stereocenters. The molecule has 2 aromatic heterocycles. The number of pyridine rings is 1. The number of benzene rings is 3. The lowest BCUT2D eigenvalue weighted by Crippen LogP contribution is -2.47. The van der Waals surface area contributed by atoms with E-state index in [4.69, 9.17) is 4.74 Å². The van der Waals surface area contributed by atoms with Crippen LogP contribution in [0.1, 0.15) is 10.4 Å². The number of aromatic nitrogens is 2. The van der Waals surface area contributed by atoms with Gasteiger partial charge in [0.2, 0.25) is 0 Å². The van der Waals surface area contributed by atoms with Crippen LogP contribution in [0.25, 0.3) is 32.2 Å². The quantitative estimate of drug-likeness (QED) is 0.331. The van der Waals surface area contributed by atoms with Gasteiger partial charge in [-0.3, -0.25) is 9.78 Å². The Labute approximate surface area is 207 Å². The Hall–Kier alpha value is -3.81. The summed E-state index contributed by atoms with van der Waals surface area (Å²) in [5.41, 5.74) is 6.45. The van der Waals surface area contributed by atoms with Crippen molar-refractivity contribution in [1.82, 2.24) is 19.8 Å². The Morgan fingerprint density at radius 2 is 1.66 bits per heavy atom. The Balaban J connectivity index is 1.24. The average Bonchev–Trinajstić information content (AvgIpc) is 3.37. The van der Waals surface area contributed by atoms with Gasteiger partial charge in [-0.2, -0.15) is 0 Å². The van der Waals surface area contributed by atoms with Crippen LogP contribution in [0.3, 0.4) is 0 Å². The monoisotopic (exact) mass is 480 g/mol. The smallest absolute Gasteiger partial charge is 0.253 e. The van der Waals surface area contributed by atoms with Crippen molar-refractivity contribution < 1.29 is 9.53 Å². The van der Waals surface area contributed by atoms with Crippen LogP contribution in [0.15, 0.2) is 78.4 Å². The molecular weight excluding hydrogens is 456 g/mol. The van der Waals surface area contributed by atoms with Crippen LogP contribution in [0.4, 0.5) is 0 Å². The van der Waals surface area contributed by atoms with E-state index < -0.39 is 0 Å². The molecule has 0 spiro atoms. The lowest BCUT2D eigenvalue weighted by Gasteiger charge is -2.32. The van der Waals surface area contributed by atoms with Gasteiger partial charge in [-0.1, -0.05) is 18.2 Å². The number of piperazine rings is 1. The van der Waals surface area contributed by atoms with E-state index in [1.54, 1.807) is 17.5 Å². The first-order valence-corrected chi connectivity index (χ1v) is 12.5. The van der Waals surface area contributed by atoms with Gasteiger partial charge in [-0.25, -0.2) is 4.98 Å². The SMILES string of the molecule is CN1CCN(C(=O)c2ccc(-c3ccc4c(Oc5ccc6scnc6c5)ccnc4c3)cc2)CC1. The van der Waals surface area contributed by atoms with Gasteiger partial charge in [0.05, 0.1) is 21.2 Å². The summed E-state index contributed by atoms with van der Waals surface area (Å²) in [6.07, 6.45) is 1.76. The standard InChI is InChI=1S/C28H24N4O2S/c1-31-12-14-32(15-13-31)28(33)20-4-2-19(3-5-20)21-6-8-23-24(16-21)29-11-10-26(23)34-22-7-9-27-25(17-22)30-18-35-27/h2-11,16-18H,12-15H2,1H3. The second kappa shape index (κ2) is 9.09. The molecule has 174 valence electrons. The molecule has 0 bridgehead atoms. The fourth-order valence-corrected chi connectivity index (χ4v) is 5.07. The van der Waals surface area contributed by atoms with Crippen LogP contribution in [-0.4, -0.2) is 58.9 Å². The molecular formula is C28H24N4O2S. The number of carbonyl (C=O) groups is 1. The first-order valence-electron chi connectivity index (χ1n) is 11.6. The maximum Gasteiger partial charge on any atom is 0.253 e. The molecule has 1 aliphatic heterocycles. The highest BCUT2D eigenvalue weighted by Crippen LogP contribution is 2.33. The van der Waals surface area contributed by atoms with E-state index in [1.165, 1.54) is 0 Å². The molecule has 0 unspecified atom stereocenters. The molecule has 1 saturated heterocycles. The summed E-state index contributed by atoms with van der Waals surface area (Å²) in [6.45, 7) is 3.38. The summed E-state index contributed by atoms with van der Waals surface area (Å²) in [7, 11) is 2.09. The number of hydrogen-bond acceptors (Lipinski definition) is 6. The lowest BCUT2D eigenvalue weighted by molar-refractivity contribution is 0.0664. The van der Waals surface area contributed by atoms with Crippen LogP contribution in [0, 0.1) is 0 Å². The van der Waals surface area contributed by atoms with Crippen molar-refractivity contribution >= 4 is 38.4 Å². The zero-order valence-electron chi connectivity index (χ0n) is 19.3. The van der Waals surface area contributed by atoms with Crippen molar-refractivity contribution in [3.8, 4) is 22.6 Å². The second-order valence-corrected chi connectivity index (χ2v) is 9.68. The molecule has 6 nitrogen and oxygen atoms in total. The minimum absolute atomic E-state index is 0.0995. The predicted octanol–water partition coefficient (Wildman–Crippen LogP) is 5.69. The zero-order chi connectivity index (χ0) is 23.8. The highest BCUT2D eigenvalue weighted by atomic mass is 32.1. The van der Waals surface area contributed by atoms with Gasteiger partial charge in [0.25, 0.3) is 5.91 Å². The molecule has 7 heteroatoms. The summed E-state index contributed by atoms with van der Waals surface area (Å²) in [5.74, 6) is 1.60. The minimum atomic E-state index is 0.0995. The highest BCUT2D eigenvalue weighted by Gasteiger charge is 2.20. The van der Waals surface area contributed by atoms with Crippen molar-refractivity contribution in [1.29, 1.82) is 0 Å². The molecule has 3 aromatic carbocycles. The zero-order valence-corrected chi connectivity index (χ0v) is 20.2. The van der Waals surface area contributed by atoms with Crippen molar-refractivity contribution in [2.24, 2.45) is 0 Å². The number of carbonyl (C=O) groups excluding carboxylic acids is 1. The normalized spacial score (nSPS) is 14.5. The highest BCUT2D eigenvalue weighted by molar-refractivity contribution is 7.16. The largest absolute Gasteiger partial charge is 0.457 e. The average molecular weight is 481 g/mol. The fraction of sp³-hybridized carbons (Fsp3) is 0.179. The first kappa shape index (κ1) is 21.7. The Morgan fingerprint density at radius 3 is 2.49 bits per heavy atom. The number of fused-ring (bicyclic) bond motifs is 2. The number of thiazole rings is 1. The van der Waals surface area contributed by atoms with Crippen LogP contribution in [0.2, 0.25) is 0 Å². The summed E-state index contributed by atoms with van der Waals surface area (Å²) >= 11 is 1.61. The predicted molar refractivity (Wildman–Crippen MR) is 140 cm³/mol. The van der Waals surface area contributed by atoms with Gasteiger partial charge in [0.1, 0.15) is 11.5 Å². The van der Waals surface area contributed by atoms with Crippen molar-refractivity contribution in [3.05, 3.63) is 84.0 Å². The lowest BCUT2D eigenvalue weighted by atomic mass is 10.0. The molecule has 0 radical (unpaired) electrons. The molecule has 1 amide bonds. The van der Waals surface area contributed by atoms with E-state index in [1.807, 2.05) is 65.0 Å². The third kappa shape index (κ3) is 4.36. The maximum absolute atomic E-state index is 12.9. The number of ether oxygens (including phenoxy) is 1. The number of nitrogens with zero attached hydrogens (tertiary/aromatic N) is 4. The fourth-order valence-electron chi connectivity index (χ4n) is 4.42. The molecule has 0 aliphatic carbocycles. The van der Waals surface area contributed by atoms with Gasteiger partial charge in [-0.05, 0) is 60.6 Å². The van der Waals surface area contributed by atoms with E-state index in [-0.39, 0.29) is 5.91 Å². The van der Waals surface area contributed by atoms with E-state index in [2.05, 4.69) is 34.0 Å². The number of hydrogen-bond donors (Lipinski definition) is 0. The number of rotatable bonds is 4. The van der Waals surface area contributed by atoms with Crippen molar-refractivity contribution in [2.45, 2.75) is 0 Å². The summed E-state index contributed by atoms with van der Waals surface area (Å²) in [5, 5.41) is 0.941. The third-order valence-electron chi connectivity index (χ3n) is 6.49. The Kier molecular flexibility index (Phi) is 5.64. The number of likely N-dealkylation sites (N-methyl/N-ethyl adjacent to an activating group) is 1. The molecule has 1 fully saturated rings. The molecule has 6 rings (SSSR count). The van der Waals surface area contributed by atoms with Gasteiger partial charge < -0.3 is 14.5 Å². The molecule has 0 N–H and O–H groups in total. The van der Waals surface area contributed by atoms with E-state index >= 15 is 0 Å². The van der Waals surface area contributed by atoms with E-state index in [0.29, 0.717) is 0 Å². The molecule has 1 aliphatic rings. The maximum atomic E-state index is 12.9. The van der Waals surface area contributed by atoms with Gasteiger partial charge in [-0.15, -0.1) is 11.3 Å². The van der Waals surface area contributed by atoms with Gasteiger partial charge in [0.15, 0.2) is 0 Å². The third-order valence-corrected chi connectivity index (χ3v) is 7.30. The number of amides is 1. The topological polar surface area (TPSA) is 58.6 Å². The van der Waals surface area contributed by atoms with Crippen molar-refractivity contribution in [2.75, 3.05) is 33.2 Å².